The third-order valence-corrected chi connectivity index (χ3v) is 6.33. The van der Waals surface area contributed by atoms with Crippen molar-refractivity contribution in [1.82, 2.24) is 9.91 Å². The predicted octanol–water partition coefficient (Wildman–Crippen LogP) is 3.83. The van der Waals surface area contributed by atoms with Gasteiger partial charge in [-0.2, -0.15) is 15.1 Å². The Morgan fingerprint density at radius 2 is 1.90 bits per heavy atom. The van der Waals surface area contributed by atoms with Crippen LogP contribution in [-0.4, -0.2) is 50.9 Å². The van der Waals surface area contributed by atoms with Crippen LogP contribution in [0.2, 0.25) is 0 Å². The number of amides is 2. The Balaban J connectivity index is 1.50. The lowest BCUT2D eigenvalue weighted by molar-refractivity contribution is -0.130. The molecule has 3 heterocycles. The number of piperidine rings is 1. The molecule has 2 amide bonds. The lowest BCUT2D eigenvalue weighted by Gasteiger charge is -2.26. The zero-order valence-electron chi connectivity index (χ0n) is 17.2. The van der Waals surface area contributed by atoms with Crippen molar-refractivity contribution in [3.05, 3.63) is 41.0 Å². The fourth-order valence-electron chi connectivity index (χ4n) is 3.63. The van der Waals surface area contributed by atoms with Gasteiger partial charge < -0.3 is 4.90 Å². The van der Waals surface area contributed by atoms with Gasteiger partial charge in [-0.1, -0.05) is 38.1 Å². The van der Waals surface area contributed by atoms with E-state index in [-0.39, 0.29) is 23.7 Å². The molecule has 0 saturated carbocycles. The highest BCUT2D eigenvalue weighted by Crippen LogP contribution is 2.30. The number of carbonyl (C=O) groups is 2. The van der Waals surface area contributed by atoms with E-state index < -0.39 is 5.91 Å². The predicted molar refractivity (Wildman–Crippen MR) is 121 cm³/mol. The van der Waals surface area contributed by atoms with Crippen LogP contribution in [0.1, 0.15) is 56.6 Å². The average molecular weight is 424 g/mol. The molecule has 30 heavy (non-hydrogen) atoms. The number of rotatable bonds is 4. The molecule has 0 atom stereocenters. The van der Waals surface area contributed by atoms with Crippen molar-refractivity contribution >= 4 is 45.7 Å². The summed E-state index contributed by atoms with van der Waals surface area (Å²) >= 11 is 1.20. The first-order valence-corrected chi connectivity index (χ1v) is 11.1. The number of aliphatic imine (C=N–C) groups is 1. The monoisotopic (exact) mass is 423 g/mol. The number of amidine groups is 2. The van der Waals surface area contributed by atoms with E-state index in [4.69, 9.17) is 5.41 Å². The van der Waals surface area contributed by atoms with Crippen molar-refractivity contribution in [3.8, 4) is 0 Å². The molecule has 0 aromatic heterocycles. The van der Waals surface area contributed by atoms with Gasteiger partial charge in [0.25, 0.3) is 5.91 Å². The summed E-state index contributed by atoms with van der Waals surface area (Å²) in [7, 11) is 0. The first kappa shape index (κ1) is 20.5. The van der Waals surface area contributed by atoms with E-state index in [9.17, 15) is 9.59 Å². The Kier molecular flexibility index (Phi) is 5.85. The van der Waals surface area contributed by atoms with Gasteiger partial charge in [-0.3, -0.25) is 15.0 Å². The van der Waals surface area contributed by atoms with Crippen LogP contribution in [0, 0.1) is 5.41 Å². The van der Waals surface area contributed by atoms with Gasteiger partial charge >= 0.3 is 0 Å². The molecule has 7 nitrogen and oxygen atoms in total. The van der Waals surface area contributed by atoms with Crippen molar-refractivity contribution in [1.29, 1.82) is 5.41 Å². The summed E-state index contributed by atoms with van der Waals surface area (Å²) in [6.07, 6.45) is 5.09. The second kappa shape index (κ2) is 8.55. The van der Waals surface area contributed by atoms with E-state index >= 15 is 0 Å². The van der Waals surface area contributed by atoms with E-state index in [0.29, 0.717) is 16.1 Å². The summed E-state index contributed by atoms with van der Waals surface area (Å²) in [6.45, 7) is 5.83. The number of hydrogen-bond donors (Lipinski definition) is 1. The topological polar surface area (TPSA) is 89.2 Å². The lowest BCUT2D eigenvalue weighted by Crippen LogP contribution is -2.36. The van der Waals surface area contributed by atoms with E-state index in [1.54, 1.807) is 6.08 Å². The molecule has 1 aromatic rings. The molecule has 0 unspecified atom stereocenters. The number of carbonyl (C=O) groups excluding carboxylic acids is 2. The van der Waals surface area contributed by atoms with Crippen LogP contribution in [0.4, 0.5) is 0 Å². The van der Waals surface area contributed by atoms with E-state index in [1.165, 1.54) is 28.8 Å². The molecule has 3 aliphatic heterocycles. The zero-order valence-corrected chi connectivity index (χ0v) is 18.0. The molecule has 0 radical (unpaired) electrons. The summed E-state index contributed by atoms with van der Waals surface area (Å²) < 4.78 is 0. The minimum atomic E-state index is -0.453. The molecule has 1 fully saturated rings. The number of fused-ring (bicyclic) bond motifs is 1. The van der Waals surface area contributed by atoms with Gasteiger partial charge in [0, 0.05) is 13.1 Å². The summed E-state index contributed by atoms with van der Waals surface area (Å²) in [6, 6.07) is 7.92. The van der Waals surface area contributed by atoms with Crippen LogP contribution in [0.3, 0.4) is 0 Å². The Bertz CT molecular complexity index is 972. The highest BCUT2D eigenvalue weighted by Gasteiger charge is 2.36. The fraction of sp³-hybridized carbons (Fsp3) is 0.409. The maximum Gasteiger partial charge on any atom is 0.283 e. The molecular formula is C22H25N5O2S. The smallest absolute Gasteiger partial charge is 0.283 e. The van der Waals surface area contributed by atoms with Gasteiger partial charge in [0.1, 0.15) is 5.04 Å². The first-order valence-electron chi connectivity index (χ1n) is 10.3. The number of thioether (sulfide) groups is 1. The first-order chi connectivity index (χ1) is 14.4. The number of benzene rings is 1. The molecule has 156 valence electrons. The number of hydrazone groups is 1. The van der Waals surface area contributed by atoms with Gasteiger partial charge in [-0.15, -0.1) is 0 Å². The summed E-state index contributed by atoms with van der Waals surface area (Å²) in [5, 5.41) is 15.2. The number of nitrogens with zero attached hydrogens (tertiary/aromatic N) is 4. The molecule has 3 aliphatic rings. The van der Waals surface area contributed by atoms with E-state index in [2.05, 4.69) is 23.9 Å². The standard InChI is InChI=1S/C22H25N5O2S/c1-14(2)16-8-6-15(7-9-16)12-17-20(23)27-22(24-21(17)29)30-18(25-27)13-19(28)26-10-4-3-5-11-26/h6-9,12,14,23H,3-5,10-11,13H2,1-2H3. The van der Waals surface area contributed by atoms with Crippen molar-refractivity contribution in [2.24, 2.45) is 10.1 Å². The Hall–Kier alpha value is -2.74. The van der Waals surface area contributed by atoms with Crippen LogP contribution in [0.5, 0.6) is 0 Å². The number of hydrogen-bond acceptors (Lipinski definition) is 5. The van der Waals surface area contributed by atoms with Crippen LogP contribution in [0.15, 0.2) is 39.9 Å². The third kappa shape index (κ3) is 4.23. The maximum atomic E-state index is 12.5. The molecule has 1 N–H and O–H groups in total. The number of likely N-dealkylation sites (tertiary alicyclic amines) is 1. The van der Waals surface area contributed by atoms with Crippen molar-refractivity contribution in [2.75, 3.05) is 13.1 Å². The van der Waals surface area contributed by atoms with Crippen molar-refractivity contribution < 1.29 is 9.59 Å². The normalized spacial score (nSPS) is 20.6. The van der Waals surface area contributed by atoms with Crippen molar-refractivity contribution in [2.45, 2.75) is 45.4 Å². The van der Waals surface area contributed by atoms with E-state index in [1.807, 2.05) is 29.2 Å². The molecule has 0 bridgehead atoms. The molecule has 1 saturated heterocycles. The zero-order chi connectivity index (χ0) is 21.3. The molecule has 0 spiro atoms. The Morgan fingerprint density at radius 1 is 1.20 bits per heavy atom. The van der Waals surface area contributed by atoms with Crippen LogP contribution >= 0.6 is 11.8 Å². The number of nitrogens with one attached hydrogen (secondary N) is 1. The summed E-state index contributed by atoms with van der Waals surface area (Å²) in [5.74, 6) is 0.00659. The van der Waals surface area contributed by atoms with Gasteiger partial charge in [0.15, 0.2) is 5.84 Å². The van der Waals surface area contributed by atoms with Crippen LogP contribution in [0.25, 0.3) is 6.08 Å². The van der Waals surface area contributed by atoms with Crippen LogP contribution in [-0.2, 0) is 9.59 Å². The summed E-state index contributed by atoms with van der Waals surface area (Å²) in [5.41, 5.74) is 2.25. The lowest BCUT2D eigenvalue weighted by atomic mass is 10.0. The average Bonchev–Trinajstić information content (AvgIpc) is 3.14. The second-order valence-corrected chi connectivity index (χ2v) is 8.99. The molecular weight excluding hydrogens is 398 g/mol. The van der Waals surface area contributed by atoms with Crippen LogP contribution < -0.4 is 0 Å². The second-order valence-electron chi connectivity index (χ2n) is 7.95. The van der Waals surface area contributed by atoms with Gasteiger partial charge in [-0.25, -0.2) is 0 Å². The molecule has 8 heteroatoms. The third-order valence-electron chi connectivity index (χ3n) is 5.42. The minimum Gasteiger partial charge on any atom is -0.342 e. The van der Waals surface area contributed by atoms with E-state index in [0.717, 1.165) is 31.5 Å². The molecule has 1 aromatic carbocycles. The largest absolute Gasteiger partial charge is 0.342 e. The van der Waals surface area contributed by atoms with Gasteiger partial charge in [0.2, 0.25) is 11.1 Å². The molecule has 0 aliphatic carbocycles. The Morgan fingerprint density at radius 3 is 2.57 bits per heavy atom. The molecule has 4 rings (SSSR count). The fourth-order valence-corrected chi connectivity index (χ4v) is 4.51. The summed E-state index contributed by atoms with van der Waals surface area (Å²) in [4.78, 5) is 31.0. The van der Waals surface area contributed by atoms with Gasteiger partial charge in [-0.05, 0) is 54.1 Å². The van der Waals surface area contributed by atoms with Gasteiger partial charge in [0.05, 0.1) is 12.0 Å². The SMILES string of the molecule is CC(C)c1ccc(C=C2C(=N)N3N=C(CC(=O)N4CCCCC4)SC3=NC2=O)cc1. The quantitative estimate of drug-likeness (QED) is 0.746. The van der Waals surface area contributed by atoms with Crippen molar-refractivity contribution in [3.63, 3.8) is 0 Å². The highest BCUT2D eigenvalue weighted by molar-refractivity contribution is 8.27. The maximum absolute atomic E-state index is 12.5. The highest BCUT2D eigenvalue weighted by atomic mass is 32.2. The minimum absolute atomic E-state index is 0.00847. The Labute approximate surface area is 180 Å².